The molecule has 2 rings (SSSR count). The van der Waals surface area contributed by atoms with Crippen molar-refractivity contribution in [2.45, 2.75) is 45.2 Å². The van der Waals surface area contributed by atoms with E-state index in [9.17, 15) is 9.59 Å². The Hall–Kier alpha value is -1.58. The van der Waals surface area contributed by atoms with E-state index in [2.05, 4.69) is 6.92 Å². The van der Waals surface area contributed by atoms with Crippen molar-refractivity contribution in [1.29, 1.82) is 0 Å². The van der Waals surface area contributed by atoms with Crippen LogP contribution < -0.4 is 5.56 Å². The molecule has 0 bridgehead atoms. The van der Waals surface area contributed by atoms with Gasteiger partial charge in [-0.25, -0.2) is 0 Å². The molecule has 1 fully saturated rings. The van der Waals surface area contributed by atoms with Crippen molar-refractivity contribution in [3.63, 3.8) is 0 Å². The molecule has 1 aliphatic carbocycles. The molecule has 1 aromatic heterocycles. The second-order valence-electron chi connectivity index (χ2n) is 5.59. The maximum atomic E-state index is 12.2. The molecule has 4 nitrogen and oxygen atoms in total. The summed E-state index contributed by atoms with van der Waals surface area (Å²) in [6.45, 7) is 2.41. The van der Waals surface area contributed by atoms with Crippen molar-refractivity contribution in [3.05, 3.63) is 34.7 Å². The molecule has 104 valence electrons. The summed E-state index contributed by atoms with van der Waals surface area (Å²) < 4.78 is 1.46. The van der Waals surface area contributed by atoms with E-state index in [0.717, 1.165) is 18.8 Å². The molecule has 1 saturated carbocycles. The van der Waals surface area contributed by atoms with E-state index >= 15 is 0 Å². The van der Waals surface area contributed by atoms with Gasteiger partial charge in [-0.05, 0) is 37.7 Å². The van der Waals surface area contributed by atoms with Gasteiger partial charge in [0.15, 0.2) is 0 Å². The number of hydrogen-bond acceptors (Lipinski definition) is 2. The molecule has 4 heteroatoms. The molecule has 1 heterocycles. The standard InChI is InChI=1S/C15H22N2O2/c1-12-6-8-13(9-7-12)16(2)15(19)11-17-10-4-3-5-14(17)18/h3-5,10,12-13H,6-9,11H2,1-2H3. The zero-order valence-corrected chi connectivity index (χ0v) is 11.7. The van der Waals surface area contributed by atoms with Gasteiger partial charge in [-0.1, -0.05) is 13.0 Å². The maximum absolute atomic E-state index is 12.2. The van der Waals surface area contributed by atoms with Crippen LogP contribution in [0.4, 0.5) is 0 Å². The second-order valence-corrected chi connectivity index (χ2v) is 5.59. The van der Waals surface area contributed by atoms with Crippen LogP contribution in [0.15, 0.2) is 29.2 Å². The lowest BCUT2D eigenvalue weighted by Crippen LogP contribution is -2.42. The Kier molecular flexibility index (Phi) is 4.40. The predicted octanol–water partition coefficient (Wildman–Crippen LogP) is 1.89. The Bertz CT molecular complexity index is 487. The molecule has 0 saturated heterocycles. The van der Waals surface area contributed by atoms with Crippen LogP contribution >= 0.6 is 0 Å². The first-order valence-corrected chi connectivity index (χ1v) is 6.99. The van der Waals surface area contributed by atoms with Gasteiger partial charge in [-0.15, -0.1) is 0 Å². The second kappa shape index (κ2) is 6.04. The normalized spacial score (nSPS) is 23.1. The Balaban J connectivity index is 1.96. The fourth-order valence-electron chi connectivity index (χ4n) is 2.68. The van der Waals surface area contributed by atoms with E-state index in [4.69, 9.17) is 0 Å². The minimum absolute atomic E-state index is 0.0212. The van der Waals surface area contributed by atoms with Crippen LogP contribution in [-0.4, -0.2) is 28.5 Å². The molecule has 1 amide bonds. The molecular formula is C15H22N2O2. The Morgan fingerprint density at radius 3 is 2.63 bits per heavy atom. The van der Waals surface area contributed by atoms with Gasteiger partial charge in [0, 0.05) is 25.4 Å². The average Bonchev–Trinajstić information content (AvgIpc) is 2.41. The molecule has 0 aliphatic heterocycles. The van der Waals surface area contributed by atoms with Crippen LogP contribution in [0.3, 0.4) is 0 Å². The molecule has 0 atom stereocenters. The molecule has 0 spiro atoms. The Labute approximate surface area is 114 Å². The van der Waals surface area contributed by atoms with E-state index in [-0.39, 0.29) is 18.0 Å². The Morgan fingerprint density at radius 2 is 2.00 bits per heavy atom. The van der Waals surface area contributed by atoms with E-state index < -0.39 is 0 Å². The lowest BCUT2D eigenvalue weighted by molar-refractivity contribution is -0.133. The number of hydrogen-bond donors (Lipinski definition) is 0. The molecule has 1 aromatic rings. The summed E-state index contributed by atoms with van der Waals surface area (Å²) in [7, 11) is 1.86. The highest BCUT2D eigenvalue weighted by atomic mass is 16.2. The van der Waals surface area contributed by atoms with Crippen molar-refractivity contribution in [2.24, 2.45) is 5.92 Å². The van der Waals surface area contributed by atoms with Gasteiger partial charge in [0.25, 0.3) is 5.56 Å². The average molecular weight is 262 g/mol. The third kappa shape index (κ3) is 3.46. The van der Waals surface area contributed by atoms with Gasteiger partial charge in [-0.2, -0.15) is 0 Å². The number of pyridine rings is 1. The zero-order valence-electron chi connectivity index (χ0n) is 11.7. The van der Waals surface area contributed by atoms with Crippen molar-refractivity contribution in [1.82, 2.24) is 9.47 Å². The maximum Gasteiger partial charge on any atom is 0.250 e. The van der Waals surface area contributed by atoms with Crippen LogP contribution in [0.5, 0.6) is 0 Å². The van der Waals surface area contributed by atoms with Crippen LogP contribution in [0.25, 0.3) is 0 Å². The SMILES string of the molecule is CC1CCC(N(C)C(=O)Cn2ccccc2=O)CC1. The quantitative estimate of drug-likeness (QED) is 0.834. The Morgan fingerprint density at radius 1 is 1.32 bits per heavy atom. The number of aromatic nitrogens is 1. The topological polar surface area (TPSA) is 42.3 Å². The van der Waals surface area contributed by atoms with Gasteiger partial charge in [0.1, 0.15) is 6.54 Å². The number of rotatable bonds is 3. The van der Waals surface area contributed by atoms with Crippen molar-refractivity contribution in [2.75, 3.05) is 7.05 Å². The van der Waals surface area contributed by atoms with Crippen LogP contribution in [-0.2, 0) is 11.3 Å². The fraction of sp³-hybridized carbons (Fsp3) is 0.600. The smallest absolute Gasteiger partial charge is 0.250 e. The van der Waals surface area contributed by atoms with Gasteiger partial charge >= 0.3 is 0 Å². The molecule has 0 radical (unpaired) electrons. The van der Waals surface area contributed by atoms with Crippen molar-refractivity contribution in [3.8, 4) is 0 Å². The summed E-state index contributed by atoms with van der Waals surface area (Å²) >= 11 is 0. The zero-order chi connectivity index (χ0) is 13.8. The van der Waals surface area contributed by atoms with E-state index in [0.29, 0.717) is 6.04 Å². The first-order chi connectivity index (χ1) is 9.08. The highest BCUT2D eigenvalue weighted by Crippen LogP contribution is 2.26. The van der Waals surface area contributed by atoms with Crippen LogP contribution in [0.1, 0.15) is 32.6 Å². The largest absolute Gasteiger partial charge is 0.341 e. The number of nitrogens with zero attached hydrogens (tertiary/aromatic N) is 2. The molecule has 1 aliphatic rings. The number of amides is 1. The van der Waals surface area contributed by atoms with E-state index in [1.165, 1.54) is 23.5 Å². The van der Waals surface area contributed by atoms with E-state index in [1.807, 2.05) is 11.9 Å². The summed E-state index contributed by atoms with van der Waals surface area (Å²) in [5.74, 6) is 0.796. The van der Waals surface area contributed by atoms with Crippen molar-refractivity contribution >= 4 is 5.91 Å². The highest BCUT2D eigenvalue weighted by Gasteiger charge is 2.24. The summed E-state index contributed by atoms with van der Waals surface area (Å²) in [5.41, 5.74) is -0.124. The molecule has 19 heavy (non-hydrogen) atoms. The predicted molar refractivity (Wildman–Crippen MR) is 74.9 cm³/mol. The summed E-state index contributed by atoms with van der Waals surface area (Å²) in [5, 5.41) is 0. The lowest BCUT2D eigenvalue weighted by atomic mass is 9.87. The monoisotopic (exact) mass is 262 g/mol. The van der Waals surface area contributed by atoms with Gasteiger partial charge in [-0.3, -0.25) is 9.59 Å². The fourth-order valence-corrected chi connectivity index (χ4v) is 2.68. The molecular weight excluding hydrogens is 240 g/mol. The lowest BCUT2D eigenvalue weighted by Gasteiger charge is -2.33. The van der Waals surface area contributed by atoms with E-state index in [1.54, 1.807) is 18.3 Å². The molecule has 0 N–H and O–H groups in total. The number of carbonyl (C=O) groups is 1. The number of likely N-dealkylation sites (N-methyl/N-ethyl adjacent to an activating group) is 1. The summed E-state index contributed by atoms with van der Waals surface area (Å²) in [4.78, 5) is 25.6. The van der Waals surface area contributed by atoms with Crippen LogP contribution in [0.2, 0.25) is 0 Å². The molecule has 0 unspecified atom stereocenters. The van der Waals surface area contributed by atoms with Crippen molar-refractivity contribution < 1.29 is 4.79 Å². The third-order valence-electron chi connectivity index (χ3n) is 4.13. The minimum Gasteiger partial charge on any atom is -0.341 e. The van der Waals surface area contributed by atoms with Crippen LogP contribution in [0, 0.1) is 5.92 Å². The first kappa shape index (κ1) is 13.8. The minimum atomic E-state index is -0.124. The summed E-state index contributed by atoms with van der Waals surface area (Å²) in [6.07, 6.45) is 6.19. The molecule has 0 aromatic carbocycles. The van der Waals surface area contributed by atoms with Gasteiger partial charge < -0.3 is 9.47 Å². The number of carbonyl (C=O) groups excluding carboxylic acids is 1. The third-order valence-corrected chi connectivity index (χ3v) is 4.13. The van der Waals surface area contributed by atoms with Gasteiger partial charge in [0.05, 0.1) is 0 Å². The van der Waals surface area contributed by atoms with Gasteiger partial charge in [0.2, 0.25) is 5.91 Å². The first-order valence-electron chi connectivity index (χ1n) is 6.99. The summed E-state index contributed by atoms with van der Waals surface area (Å²) in [6, 6.07) is 5.28. The highest BCUT2D eigenvalue weighted by molar-refractivity contribution is 5.76.